The summed E-state index contributed by atoms with van der Waals surface area (Å²) in [5.74, 6) is 1.09. The number of pyridine rings is 2. The van der Waals surface area contributed by atoms with Gasteiger partial charge in [0.15, 0.2) is 0 Å². The molecule has 0 fully saturated rings. The SMILES string of the molecule is Cc1cc([N+](=O)[O-])ccc1Oc1ccnc2cnc(Cl)cc12. The van der Waals surface area contributed by atoms with E-state index in [9.17, 15) is 10.1 Å². The highest BCUT2D eigenvalue weighted by Gasteiger charge is 2.11. The number of fused-ring (bicyclic) bond motifs is 1. The minimum atomic E-state index is -0.440. The van der Waals surface area contributed by atoms with E-state index in [-0.39, 0.29) is 5.69 Å². The summed E-state index contributed by atoms with van der Waals surface area (Å²) in [6, 6.07) is 7.81. The first-order chi connectivity index (χ1) is 10.5. The average Bonchev–Trinajstić information content (AvgIpc) is 2.49. The molecule has 0 N–H and O–H groups in total. The van der Waals surface area contributed by atoms with Crippen molar-refractivity contribution in [3.63, 3.8) is 0 Å². The van der Waals surface area contributed by atoms with Crippen LogP contribution >= 0.6 is 11.6 Å². The molecule has 110 valence electrons. The summed E-state index contributed by atoms with van der Waals surface area (Å²) in [6.07, 6.45) is 3.17. The summed E-state index contributed by atoms with van der Waals surface area (Å²) in [5.41, 5.74) is 1.34. The Hall–Kier alpha value is -2.73. The molecule has 0 atom stereocenters. The molecule has 3 aromatic rings. The molecule has 0 amide bonds. The molecule has 0 aliphatic rings. The molecule has 2 aromatic heterocycles. The molecule has 2 heterocycles. The van der Waals surface area contributed by atoms with Crippen molar-refractivity contribution < 1.29 is 9.66 Å². The van der Waals surface area contributed by atoms with E-state index in [1.807, 2.05) is 0 Å². The number of aryl methyl sites for hydroxylation is 1. The quantitative estimate of drug-likeness (QED) is 0.409. The second kappa shape index (κ2) is 5.57. The molecular formula is C15H10ClN3O3. The number of halogens is 1. The van der Waals surface area contributed by atoms with Crippen LogP contribution in [-0.4, -0.2) is 14.9 Å². The van der Waals surface area contributed by atoms with Crippen LogP contribution in [-0.2, 0) is 0 Å². The van der Waals surface area contributed by atoms with E-state index < -0.39 is 4.92 Å². The lowest BCUT2D eigenvalue weighted by Crippen LogP contribution is -1.93. The minimum absolute atomic E-state index is 0.0247. The van der Waals surface area contributed by atoms with E-state index in [1.165, 1.54) is 12.1 Å². The maximum absolute atomic E-state index is 10.8. The number of nitrogens with zero attached hydrogens (tertiary/aromatic N) is 3. The van der Waals surface area contributed by atoms with Gasteiger partial charge in [-0.1, -0.05) is 11.6 Å². The number of aromatic nitrogens is 2. The summed E-state index contributed by atoms with van der Waals surface area (Å²) < 4.78 is 5.86. The molecule has 0 radical (unpaired) electrons. The second-order valence-electron chi connectivity index (χ2n) is 4.64. The fourth-order valence-corrected chi connectivity index (χ4v) is 2.22. The zero-order valence-corrected chi connectivity index (χ0v) is 12.2. The standard InChI is InChI=1S/C15H10ClN3O3/c1-9-6-10(19(20)21)2-3-13(9)22-14-4-5-17-12-8-18-15(16)7-11(12)14/h2-8H,1H3. The predicted octanol–water partition coefficient (Wildman–Crippen LogP) is 4.29. The van der Waals surface area contributed by atoms with E-state index in [1.54, 1.807) is 37.5 Å². The molecule has 3 rings (SSSR count). The Bertz CT molecular complexity index is 883. The third kappa shape index (κ3) is 2.68. The minimum Gasteiger partial charge on any atom is -0.456 e. The molecule has 22 heavy (non-hydrogen) atoms. The molecule has 1 aromatic carbocycles. The van der Waals surface area contributed by atoms with Gasteiger partial charge in [-0.3, -0.25) is 15.1 Å². The Morgan fingerprint density at radius 1 is 1.18 bits per heavy atom. The highest BCUT2D eigenvalue weighted by atomic mass is 35.5. The second-order valence-corrected chi connectivity index (χ2v) is 5.03. The van der Waals surface area contributed by atoms with Crippen molar-refractivity contribution in [2.45, 2.75) is 6.92 Å². The van der Waals surface area contributed by atoms with E-state index in [0.29, 0.717) is 27.7 Å². The average molecular weight is 316 g/mol. The van der Waals surface area contributed by atoms with Crippen LogP contribution in [0, 0.1) is 17.0 Å². The first-order valence-corrected chi connectivity index (χ1v) is 6.75. The number of nitro groups is 1. The lowest BCUT2D eigenvalue weighted by Gasteiger charge is -2.10. The monoisotopic (exact) mass is 315 g/mol. The van der Waals surface area contributed by atoms with Gasteiger partial charge in [-0.25, -0.2) is 4.98 Å². The maximum Gasteiger partial charge on any atom is 0.269 e. The highest BCUT2D eigenvalue weighted by Crippen LogP contribution is 2.32. The summed E-state index contributed by atoms with van der Waals surface area (Å²) in [7, 11) is 0. The smallest absolute Gasteiger partial charge is 0.269 e. The Morgan fingerprint density at radius 2 is 2.00 bits per heavy atom. The Labute approximate surface area is 130 Å². The summed E-state index contributed by atoms with van der Waals surface area (Å²) in [4.78, 5) is 18.5. The molecule has 0 spiro atoms. The molecule has 0 aliphatic heterocycles. The van der Waals surface area contributed by atoms with Crippen LogP contribution in [0.3, 0.4) is 0 Å². The van der Waals surface area contributed by atoms with Crippen molar-refractivity contribution >= 4 is 28.2 Å². The third-order valence-electron chi connectivity index (χ3n) is 3.14. The fraction of sp³-hybridized carbons (Fsp3) is 0.0667. The van der Waals surface area contributed by atoms with E-state index in [0.717, 1.165) is 5.39 Å². The number of non-ortho nitro benzene ring substituents is 1. The van der Waals surface area contributed by atoms with Crippen LogP contribution in [0.2, 0.25) is 5.15 Å². The van der Waals surface area contributed by atoms with Gasteiger partial charge >= 0.3 is 0 Å². The van der Waals surface area contributed by atoms with Crippen LogP contribution in [0.4, 0.5) is 5.69 Å². The first-order valence-electron chi connectivity index (χ1n) is 6.38. The fourth-order valence-electron chi connectivity index (χ4n) is 2.07. The molecule has 0 unspecified atom stereocenters. The van der Waals surface area contributed by atoms with Crippen molar-refractivity contribution in [2.24, 2.45) is 0 Å². The largest absolute Gasteiger partial charge is 0.456 e. The van der Waals surface area contributed by atoms with Crippen molar-refractivity contribution in [3.8, 4) is 11.5 Å². The summed E-state index contributed by atoms with van der Waals surface area (Å²) in [5, 5.41) is 11.8. The van der Waals surface area contributed by atoms with Crippen molar-refractivity contribution in [2.75, 3.05) is 0 Å². The Balaban J connectivity index is 2.03. The van der Waals surface area contributed by atoms with Crippen LogP contribution in [0.15, 0.2) is 42.7 Å². The lowest BCUT2D eigenvalue weighted by molar-refractivity contribution is -0.384. The van der Waals surface area contributed by atoms with E-state index >= 15 is 0 Å². The zero-order valence-electron chi connectivity index (χ0n) is 11.5. The summed E-state index contributed by atoms with van der Waals surface area (Å²) in [6.45, 7) is 1.75. The van der Waals surface area contributed by atoms with Crippen LogP contribution in [0.5, 0.6) is 11.5 Å². The maximum atomic E-state index is 10.8. The van der Waals surface area contributed by atoms with Gasteiger partial charge in [-0.15, -0.1) is 0 Å². The highest BCUT2D eigenvalue weighted by molar-refractivity contribution is 6.30. The zero-order chi connectivity index (χ0) is 15.7. The third-order valence-corrected chi connectivity index (χ3v) is 3.35. The normalized spacial score (nSPS) is 10.6. The number of hydrogen-bond donors (Lipinski definition) is 0. The number of benzene rings is 1. The van der Waals surface area contributed by atoms with Gasteiger partial charge in [0.2, 0.25) is 0 Å². The number of hydrogen-bond acceptors (Lipinski definition) is 5. The van der Waals surface area contributed by atoms with Gasteiger partial charge < -0.3 is 4.74 Å². The lowest BCUT2D eigenvalue weighted by atomic mass is 10.2. The molecule has 0 bridgehead atoms. The topological polar surface area (TPSA) is 78.2 Å². The molecule has 0 saturated heterocycles. The van der Waals surface area contributed by atoms with Gasteiger partial charge in [0.25, 0.3) is 5.69 Å². The number of nitro benzene ring substituents is 1. The van der Waals surface area contributed by atoms with E-state index in [4.69, 9.17) is 16.3 Å². The Kier molecular flexibility index (Phi) is 3.60. The van der Waals surface area contributed by atoms with Crippen LogP contribution in [0.1, 0.15) is 5.56 Å². The van der Waals surface area contributed by atoms with Gasteiger partial charge in [0, 0.05) is 23.7 Å². The predicted molar refractivity (Wildman–Crippen MR) is 82.5 cm³/mol. The van der Waals surface area contributed by atoms with E-state index in [2.05, 4.69) is 9.97 Å². The summed E-state index contributed by atoms with van der Waals surface area (Å²) >= 11 is 5.91. The molecule has 6 nitrogen and oxygen atoms in total. The number of ether oxygens (including phenoxy) is 1. The Morgan fingerprint density at radius 3 is 2.73 bits per heavy atom. The van der Waals surface area contributed by atoms with Crippen molar-refractivity contribution in [3.05, 3.63) is 63.6 Å². The van der Waals surface area contributed by atoms with Gasteiger partial charge in [-0.2, -0.15) is 0 Å². The van der Waals surface area contributed by atoms with Crippen molar-refractivity contribution in [1.82, 2.24) is 9.97 Å². The van der Waals surface area contributed by atoms with Gasteiger partial charge in [-0.05, 0) is 30.7 Å². The molecule has 0 aliphatic carbocycles. The first kappa shape index (κ1) is 14.2. The van der Waals surface area contributed by atoms with Crippen molar-refractivity contribution in [1.29, 1.82) is 0 Å². The number of rotatable bonds is 3. The van der Waals surface area contributed by atoms with Crippen LogP contribution in [0.25, 0.3) is 10.9 Å². The van der Waals surface area contributed by atoms with Crippen LogP contribution < -0.4 is 4.74 Å². The molecule has 0 saturated carbocycles. The molecular weight excluding hydrogens is 306 g/mol. The molecule has 7 heteroatoms. The van der Waals surface area contributed by atoms with Gasteiger partial charge in [0.05, 0.1) is 16.6 Å². The van der Waals surface area contributed by atoms with Gasteiger partial charge in [0.1, 0.15) is 16.7 Å².